The molecule has 1 aromatic carbocycles. The Bertz CT molecular complexity index is 850. The summed E-state index contributed by atoms with van der Waals surface area (Å²) in [5, 5.41) is 1.83. The van der Waals surface area contributed by atoms with Crippen molar-refractivity contribution in [3.8, 4) is 11.5 Å². The predicted octanol–water partition coefficient (Wildman–Crippen LogP) is 2.90. The van der Waals surface area contributed by atoms with Crippen LogP contribution in [0.3, 0.4) is 0 Å². The second kappa shape index (κ2) is 7.57. The summed E-state index contributed by atoms with van der Waals surface area (Å²) in [6.45, 7) is 1.35. The predicted molar refractivity (Wildman–Crippen MR) is 98.0 cm³/mol. The van der Waals surface area contributed by atoms with Crippen LogP contribution in [0, 0.1) is 0 Å². The van der Waals surface area contributed by atoms with Gasteiger partial charge in [-0.15, -0.1) is 0 Å². The van der Waals surface area contributed by atoms with Crippen molar-refractivity contribution in [2.24, 2.45) is 4.99 Å². The topological polar surface area (TPSA) is 80.2 Å². The monoisotopic (exact) mass is 413 g/mol. The average molecular weight is 413 g/mol. The highest BCUT2D eigenvalue weighted by atomic mass is 19.4. The number of alkyl halides is 3. The third-order valence-electron chi connectivity index (χ3n) is 5.25. The van der Waals surface area contributed by atoms with Crippen molar-refractivity contribution in [1.82, 2.24) is 10.2 Å². The molecule has 1 heterocycles. The highest BCUT2D eigenvalue weighted by Crippen LogP contribution is 2.40. The molecule has 0 radical (unpaired) electrons. The number of nitrogens with one attached hydrogen (secondary N) is 1. The lowest BCUT2D eigenvalue weighted by Crippen LogP contribution is -2.64. The molecule has 158 valence electrons. The third kappa shape index (κ3) is 3.51. The number of ether oxygens (including phenoxy) is 2. The first-order chi connectivity index (χ1) is 13.6. The number of benzene rings is 1. The van der Waals surface area contributed by atoms with Crippen molar-refractivity contribution in [3.05, 3.63) is 23.8 Å². The summed E-state index contributed by atoms with van der Waals surface area (Å²) in [7, 11) is 2.73. The van der Waals surface area contributed by atoms with E-state index >= 15 is 0 Å². The molecular weight excluding hydrogens is 391 g/mol. The van der Waals surface area contributed by atoms with Crippen LogP contribution in [0.2, 0.25) is 0 Å². The molecule has 0 saturated heterocycles. The average Bonchev–Trinajstić information content (AvgIpc) is 3.27. The maximum Gasteiger partial charge on any atom is 0.442 e. The number of halogens is 3. The van der Waals surface area contributed by atoms with Gasteiger partial charge >= 0.3 is 11.8 Å². The molecule has 1 unspecified atom stereocenters. The van der Waals surface area contributed by atoms with Crippen molar-refractivity contribution >= 4 is 17.6 Å². The summed E-state index contributed by atoms with van der Waals surface area (Å²) in [6.07, 6.45) is -2.23. The van der Waals surface area contributed by atoms with Gasteiger partial charge in [0.1, 0.15) is 5.84 Å². The van der Waals surface area contributed by atoms with Crippen LogP contribution in [-0.4, -0.2) is 54.7 Å². The summed E-state index contributed by atoms with van der Waals surface area (Å²) in [5.74, 6) is -1.93. The van der Waals surface area contributed by atoms with E-state index in [2.05, 4.69) is 4.99 Å². The Kier molecular flexibility index (Phi) is 5.46. The number of hydrogen-bond acceptors (Lipinski definition) is 5. The Balaban J connectivity index is 1.95. The quantitative estimate of drug-likeness (QED) is 0.805. The van der Waals surface area contributed by atoms with Gasteiger partial charge in [0.05, 0.1) is 14.2 Å². The van der Waals surface area contributed by atoms with E-state index in [0.717, 1.165) is 17.7 Å². The van der Waals surface area contributed by atoms with Gasteiger partial charge in [0.15, 0.2) is 11.5 Å². The molecule has 1 aromatic rings. The second-order valence-corrected chi connectivity index (χ2v) is 7.00. The number of amidine groups is 1. The van der Waals surface area contributed by atoms with E-state index in [9.17, 15) is 22.8 Å². The molecule has 10 heteroatoms. The molecular formula is C19H22F3N3O4. The van der Waals surface area contributed by atoms with Gasteiger partial charge in [-0.1, -0.05) is 12.8 Å². The fourth-order valence-electron chi connectivity index (χ4n) is 3.81. The minimum atomic E-state index is -5.11. The summed E-state index contributed by atoms with van der Waals surface area (Å²) in [6, 6.07) is 3.58. The van der Waals surface area contributed by atoms with Gasteiger partial charge in [0.2, 0.25) is 0 Å². The molecule has 1 aliphatic carbocycles. The molecule has 0 spiro atoms. The van der Waals surface area contributed by atoms with Gasteiger partial charge in [0.25, 0.3) is 11.8 Å². The molecule has 1 N–H and O–H groups in total. The lowest BCUT2D eigenvalue weighted by molar-refractivity contribution is -0.196. The van der Waals surface area contributed by atoms with Crippen LogP contribution in [0.4, 0.5) is 13.2 Å². The standard InChI is InChI=1S/C19H22F3N3O4/c1-11-23-18(19(20,21)22,17(27)25(11)13-6-4-5-7-13)24-16(26)12-8-9-14(28-2)15(10-12)29-3/h8-10,13H,4-7H2,1-3H3,(H,24,26). The van der Waals surface area contributed by atoms with Gasteiger partial charge in [-0.2, -0.15) is 13.2 Å². The largest absolute Gasteiger partial charge is 0.493 e. The van der Waals surface area contributed by atoms with E-state index in [0.29, 0.717) is 18.6 Å². The van der Waals surface area contributed by atoms with Crippen molar-refractivity contribution in [1.29, 1.82) is 0 Å². The van der Waals surface area contributed by atoms with E-state index in [1.54, 1.807) is 0 Å². The number of nitrogens with zero attached hydrogens (tertiary/aromatic N) is 2. The zero-order valence-corrected chi connectivity index (χ0v) is 16.3. The van der Waals surface area contributed by atoms with Gasteiger partial charge in [0, 0.05) is 11.6 Å². The Morgan fingerprint density at radius 1 is 1.21 bits per heavy atom. The fraction of sp³-hybridized carbons (Fsp3) is 0.526. The molecule has 1 aliphatic heterocycles. The molecule has 3 rings (SSSR count). The number of amides is 2. The molecule has 7 nitrogen and oxygen atoms in total. The number of hydrogen-bond donors (Lipinski definition) is 1. The lowest BCUT2D eigenvalue weighted by atomic mass is 10.1. The van der Waals surface area contributed by atoms with Gasteiger partial charge in [-0.3, -0.25) is 14.5 Å². The summed E-state index contributed by atoms with van der Waals surface area (Å²) in [5.41, 5.74) is -3.46. The number of carbonyl (C=O) groups is 2. The zero-order chi connectivity index (χ0) is 21.4. The third-order valence-corrected chi connectivity index (χ3v) is 5.25. The van der Waals surface area contributed by atoms with Gasteiger partial charge in [-0.05, 0) is 38.0 Å². The Morgan fingerprint density at radius 2 is 1.83 bits per heavy atom. The Labute approximate surface area is 165 Å². The zero-order valence-electron chi connectivity index (χ0n) is 16.3. The summed E-state index contributed by atoms with van der Waals surface area (Å²) < 4.78 is 52.2. The van der Waals surface area contributed by atoms with Crippen LogP contribution in [-0.2, 0) is 4.79 Å². The first-order valence-electron chi connectivity index (χ1n) is 9.16. The van der Waals surface area contributed by atoms with E-state index in [1.807, 2.05) is 5.32 Å². The van der Waals surface area contributed by atoms with E-state index in [1.165, 1.54) is 39.3 Å². The van der Waals surface area contributed by atoms with Crippen molar-refractivity contribution in [2.75, 3.05) is 14.2 Å². The summed E-state index contributed by atoms with van der Waals surface area (Å²) >= 11 is 0. The number of rotatable bonds is 5. The van der Waals surface area contributed by atoms with Crippen molar-refractivity contribution < 1.29 is 32.2 Å². The molecule has 2 aliphatic rings. The van der Waals surface area contributed by atoms with E-state index in [-0.39, 0.29) is 23.2 Å². The molecule has 0 bridgehead atoms. The molecule has 1 fully saturated rings. The second-order valence-electron chi connectivity index (χ2n) is 7.00. The van der Waals surface area contributed by atoms with E-state index in [4.69, 9.17) is 9.47 Å². The maximum absolute atomic E-state index is 14.0. The van der Waals surface area contributed by atoms with Crippen LogP contribution < -0.4 is 14.8 Å². The van der Waals surface area contributed by atoms with Gasteiger partial charge < -0.3 is 14.8 Å². The van der Waals surface area contributed by atoms with Crippen LogP contribution in [0.5, 0.6) is 11.5 Å². The summed E-state index contributed by atoms with van der Waals surface area (Å²) in [4.78, 5) is 30.2. The van der Waals surface area contributed by atoms with Crippen molar-refractivity contribution in [3.63, 3.8) is 0 Å². The van der Waals surface area contributed by atoms with Crippen LogP contribution in [0.1, 0.15) is 43.0 Å². The SMILES string of the molecule is COc1ccc(C(=O)NC2(C(F)(F)F)N=C(C)N(C3CCCC3)C2=O)cc1OC. The van der Waals surface area contributed by atoms with Crippen molar-refractivity contribution in [2.45, 2.75) is 50.5 Å². The highest BCUT2D eigenvalue weighted by Gasteiger charge is 2.67. The molecule has 1 saturated carbocycles. The minimum Gasteiger partial charge on any atom is -0.493 e. The molecule has 2 amide bonds. The molecule has 29 heavy (non-hydrogen) atoms. The highest BCUT2D eigenvalue weighted by molar-refractivity contribution is 6.10. The minimum absolute atomic E-state index is 0.0492. The van der Waals surface area contributed by atoms with Crippen LogP contribution in [0.15, 0.2) is 23.2 Å². The molecule has 1 atom stereocenters. The number of aliphatic imine (C=N–C) groups is 1. The first-order valence-corrected chi connectivity index (χ1v) is 9.16. The fourth-order valence-corrected chi connectivity index (χ4v) is 3.81. The Hall–Kier alpha value is -2.78. The number of carbonyl (C=O) groups excluding carboxylic acids is 2. The normalized spacial score (nSPS) is 22.6. The van der Waals surface area contributed by atoms with E-state index < -0.39 is 23.7 Å². The van der Waals surface area contributed by atoms with Crippen LogP contribution in [0.25, 0.3) is 0 Å². The van der Waals surface area contributed by atoms with Gasteiger partial charge in [-0.25, -0.2) is 4.99 Å². The smallest absolute Gasteiger partial charge is 0.442 e. The molecule has 0 aromatic heterocycles. The number of methoxy groups -OCH3 is 2. The lowest BCUT2D eigenvalue weighted by Gasteiger charge is -2.31. The Morgan fingerprint density at radius 3 is 2.38 bits per heavy atom. The van der Waals surface area contributed by atoms with Crippen LogP contribution >= 0.6 is 0 Å². The maximum atomic E-state index is 14.0. The first kappa shape index (κ1) is 20.9.